The second-order valence-electron chi connectivity index (χ2n) is 4.20. The molecule has 1 rings (SSSR count). The van der Waals surface area contributed by atoms with Crippen LogP contribution in [0, 0.1) is 6.92 Å². The average molecular weight is 246 g/mol. The molecule has 0 aliphatic carbocycles. The lowest BCUT2D eigenvalue weighted by Gasteiger charge is -2.23. The second kappa shape index (κ2) is 5.66. The number of rotatable bonds is 5. The van der Waals surface area contributed by atoms with Crippen LogP contribution in [0.1, 0.15) is 18.2 Å². The van der Waals surface area contributed by atoms with E-state index in [-0.39, 0.29) is 0 Å². The number of likely N-dealkylation sites (N-methyl/N-ethyl adjacent to an activating group) is 1. The number of halogens is 1. The Hall–Kier alpha value is -0.580. The summed E-state index contributed by atoms with van der Waals surface area (Å²) in [6.45, 7) is 5.62. The Labute approximate surface area is 102 Å². The Morgan fingerprint density at radius 1 is 1.56 bits per heavy atom. The average Bonchev–Trinajstić information content (AvgIpc) is 2.45. The summed E-state index contributed by atoms with van der Waals surface area (Å²) < 4.78 is 6.84. The number of ether oxygens (including phenoxy) is 1. The lowest BCUT2D eigenvalue weighted by atomic mass is 10.2. The highest BCUT2D eigenvalue weighted by molar-refractivity contribution is 6.30. The predicted octanol–water partition coefficient (Wildman–Crippen LogP) is 1.85. The summed E-state index contributed by atoms with van der Waals surface area (Å²) in [5.41, 5.74) is 2.08. The van der Waals surface area contributed by atoms with E-state index in [0.29, 0.717) is 17.8 Å². The van der Waals surface area contributed by atoms with Crippen LogP contribution < -0.4 is 0 Å². The number of aryl methyl sites for hydroxylation is 2. The topological polar surface area (TPSA) is 30.3 Å². The first kappa shape index (κ1) is 13.5. The van der Waals surface area contributed by atoms with Crippen molar-refractivity contribution >= 4 is 11.6 Å². The van der Waals surface area contributed by atoms with Gasteiger partial charge in [0.15, 0.2) is 0 Å². The zero-order valence-electron chi connectivity index (χ0n) is 10.6. The second-order valence-corrected chi connectivity index (χ2v) is 4.56. The molecule has 5 heteroatoms. The monoisotopic (exact) mass is 245 g/mol. The molecule has 0 aromatic carbocycles. The highest BCUT2D eigenvalue weighted by atomic mass is 35.5. The van der Waals surface area contributed by atoms with Crippen LogP contribution in [0.25, 0.3) is 0 Å². The Morgan fingerprint density at radius 2 is 2.19 bits per heavy atom. The van der Waals surface area contributed by atoms with Crippen molar-refractivity contribution in [3.63, 3.8) is 0 Å². The summed E-state index contributed by atoms with van der Waals surface area (Å²) in [7, 11) is 5.64. The molecule has 1 heterocycles. The molecule has 1 atom stereocenters. The quantitative estimate of drug-likeness (QED) is 0.793. The van der Waals surface area contributed by atoms with Crippen molar-refractivity contribution in [2.24, 2.45) is 7.05 Å². The van der Waals surface area contributed by atoms with Crippen molar-refractivity contribution in [1.29, 1.82) is 0 Å². The van der Waals surface area contributed by atoms with Gasteiger partial charge in [-0.15, -0.1) is 0 Å². The van der Waals surface area contributed by atoms with Gasteiger partial charge in [-0.05, 0) is 20.9 Å². The van der Waals surface area contributed by atoms with Crippen molar-refractivity contribution < 1.29 is 4.74 Å². The summed E-state index contributed by atoms with van der Waals surface area (Å²) in [4.78, 5) is 2.21. The predicted molar refractivity (Wildman–Crippen MR) is 65.8 cm³/mol. The number of hydrogen-bond donors (Lipinski definition) is 0. The van der Waals surface area contributed by atoms with E-state index in [1.165, 1.54) is 0 Å². The minimum Gasteiger partial charge on any atom is -0.383 e. The molecule has 0 bridgehead atoms. The van der Waals surface area contributed by atoms with Gasteiger partial charge < -0.3 is 4.74 Å². The normalized spacial score (nSPS) is 13.4. The summed E-state index contributed by atoms with van der Waals surface area (Å²) in [5.74, 6) is 0. The molecule has 0 saturated heterocycles. The zero-order valence-corrected chi connectivity index (χ0v) is 11.4. The minimum atomic E-state index is 0.362. The first-order valence-electron chi connectivity index (χ1n) is 5.34. The van der Waals surface area contributed by atoms with E-state index >= 15 is 0 Å². The lowest BCUT2D eigenvalue weighted by Crippen LogP contribution is -2.32. The third kappa shape index (κ3) is 2.97. The molecular weight excluding hydrogens is 226 g/mol. The van der Waals surface area contributed by atoms with Crippen LogP contribution in [0.5, 0.6) is 0 Å². The van der Waals surface area contributed by atoms with Crippen molar-refractivity contribution in [2.45, 2.75) is 26.4 Å². The summed E-state index contributed by atoms with van der Waals surface area (Å²) >= 11 is 6.18. The largest absolute Gasteiger partial charge is 0.383 e. The molecule has 1 aromatic rings. The SMILES string of the molecule is COCC(C)N(C)Cc1c(C)nn(C)c1Cl. The number of hydrogen-bond acceptors (Lipinski definition) is 3. The van der Waals surface area contributed by atoms with Crippen LogP contribution in [0.2, 0.25) is 5.15 Å². The van der Waals surface area contributed by atoms with Gasteiger partial charge in [0.1, 0.15) is 5.15 Å². The maximum atomic E-state index is 6.18. The van der Waals surface area contributed by atoms with Crippen molar-refractivity contribution in [3.05, 3.63) is 16.4 Å². The minimum absolute atomic E-state index is 0.362. The number of methoxy groups -OCH3 is 1. The molecule has 4 nitrogen and oxygen atoms in total. The Morgan fingerprint density at radius 3 is 2.62 bits per heavy atom. The van der Waals surface area contributed by atoms with Crippen LogP contribution in [0.3, 0.4) is 0 Å². The van der Waals surface area contributed by atoms with E-state index in [9.17, 15) is 0 Å². The molecular formula is C11H20ClN3O. The molecule has 0 amide bonds. The van der Waals surface area contributed by atoms with E-state index in [1.807, 2.05) is 14.0 Å². The Balaban J connectivity index is 2.72. The fraction of sp³-hybridized carbons (Fsp3) is 0.727. The van der Waals surface area contributed by atoms with Crippen molar-refractivity contribution in [2.75, 3.05) is 20.8 Å². The molecule has 1 aromatic heterocycles. The molecule has 1 unspecified atom stereocenters. The van der Waals surface area contributed by atoms with Gasteiger partial charge in [-0.3, -0.25) is 9.58 Å². The van der Waals surface area contributed by atoms with E-state index < -0.39 is 0 Å². The van der Waals surface area contributed by atoms with Crippen LogP contribution in [-0.2, 0) is 18.3 Å². The lowest BCUT2D eigenvalue weighted by molar-refractivity contribution is 0.112. The fourth-order valence-electron chi connectivity index (χ4n) is 1.63. The van der Waals surface area contributed by atoms with Gasteiger partial charge in [0.25, 0.3) is 0 Å². The maximum Gasteiger partial charge on any atom is 0.131 e. The van der Waals surface area contributed by atoms with Crippen LogP contribution in [0.4, 0.5) is 0 Å². The molecule has 0 radical (unpaired) electrons. The Kier molecular flexibility index (Phi) is 4.77. The summed E-state index contributed by atoms with van der Waals surface area (Å²) in [5, 5.41) is 5.01. The fourth-order valence-corrected chi connectivity index (χ4v) is 1.86. The smallest absolute Gasteiger partial charge is 0.131 e. The highest BCUT2D eigenvalue weighted by Crippen LogP contribution is 2.20. The number of aromatic nitrogens is 2. The third-order valence-electron chi connectivity index (χ3n) is 2.84. The molecule has 0 N–H and O–H groups in total. The molecule has 0 aliphatic heterocycles. The maximum absolute atomic E-state index is 6.18. The molecule has 92 valence electrons. The first-order valence-corrected chi connectivity index (χ1v) is 5.72. The standard InChI is InChI=1S/C11H20ClN3O/c1-8(7-16-5)14(3)6-10-9(2)13-15(4)11(10)12/h8H,6-7H2,1-5H3. The first-order chi connectivity index (χ1) is 7.47. The van der Waals surface area contributed by atoms with Crippen molar-refractivity contribution in [3.8, 4) is 0 Å². The Bertz CT molecular complexity index is 351. The van der Waals surface area contributed by atoms with Crippen LogP contribution in [-0.4, -0.2) is 41.5 Å². The van der Waals surface area contributed by atoms with Gasteiger partial charge in [0.2, 0.25) is 0 Å². The molecule has 0 aliphatic rings. The van der Waals surface area contributed by atoms with Gasteiger partial charge in [-0.25, -0.2) is 0 Å². The van der Waals surface area contributed by atoms with E-state index in [2.05, 4.69) is 24.0 Å². The number of nitrogens with zero attached hydrogens (tertiary/aromatic N) is 3. The van der Waals surface area contributed by atoms with Gasteiger partial charge in [-0.1, -0.05) is 11.6 Å². The van der Waals surface area contributed by atoms with Crippen LogP contribution >= 0.6 is 11.6 Å². The van der Waals surface area contributed by atoms with Gasteiger partial charge in [0, 0.05) is 32.3 Å². The molecule has 16 heavy (non-hydrogen) atoms. The zero-order chi connectivity index (χ0) is 12.3. The van der Waals surface area contributed by atoms with Gasteiger partial charge >= 0.3 is 0 Å². The van der Waals surface area contributed by atoms with Crippen LogP contribution in [0.15, 0.2) is 0 Å². The van der Waals surface area contributed by atoms with E-state index in [4.69, 9.17) is 16.3 Å². The molecule has 0 saturated carbocycles. The highest BCUT2D eigenvalue weighted by Gasteiger charge is 2.16. The summed E-state index contributed by atoms with van der Waals surface area (Å²) in [6.07, 6.45) is 0. The van der Waals surface area contributed by atoms with E-state index in [1.54, 1.807) is 11.8 Å². The van der Waals surface area contributed by atoms with Gasteiger partial charge in [-0.2, -0.15) is 5.10 Å². The summed E-state index contributed by atoms with van der Waals surface area (Å²) in [6, 6.07) is 0.362. The molecule has 0 spiro atoms. The molecule has 0 fully saturated rings. The van der Waals surface area contributed by atoms with Crippen molar-refractivity contribution in [1.82, 2.24) is 14.7 Å². The van der Waals surface area contributed by atoms with E-state index in [0.717, 1.165) is 17.8 Å². The third-order valence-corrected chi connectivity index (χ3v) is 3.31. The van der Waals surface area contributed by atoms with Gasteiger partial charge in [0.05, 0.1) is 12.3 Å².